The third-order valence-corrected chi connectivity index (χ3v) is 4.54. The first-order chi connectivity index (χ1) is 11.5. The second kappa shape index (κ2) is 6.56. The minimum absolute atomic E-state index is 0.0192. The lowest BCUT2D eigenvalue weighted by Gasteiger charge is -2.34. The van der Waals surface area contributed by atoms with Gasteiger partial charge in [-0.05, 0) is 68.1 Å². The van der Waals surface area contributed by atoms with Gasteiger partial charge < -0.3 is 10.1 Å². The summed E-state index contributed by atoms with van der Waals surface area (Å²) in [5, 5.41) is 3.02. The normalized spacial score (nSPS) is 16.3. The van der Waals surface area contributed by atoms with Gasteiger partial charge in [0, 0.05) is 5.69 Å². The van der Waals surface area contributed by atoms with Crippen molar-refractivity contribution in [2.45, 2.75) is 40.2 Å². The number of hydrogen-bond acceptors (Lipinski definition) is 2. The molecule has 2 aromatic rings. The van der Waals surface area contributed by atoms with Gasteiger partial charge in [-0.3, -0.25) is 4.90 Å². The van der Waals surface area contributed by atoms with Crippen LogP contribution >= 0.6 is 0 Å². The van der Waals surface area contributed by atoms with Crippen molar-refractivity contribution < 1.29 is 9.53 Å². The van der Waals surface area contributed by atoms with Crippen LogP contribution in [0.1, 0.15) is 30.0 Å². The molecule has 0 aromatic heterocycles. The lowest BCUT2D eigenvalue weighted by Crippen LogP contribution is -2.45. The molecule has 2 aromatic carbocycles. The Morgan fingerprint density at radius 2 is 1.96 bits per heavy atom. The summed E-state index contributed by atoms with van der Waals surface area (Å²) in [6, 6.07) is 11.8. The molecule has 0 bridgehead atoms. The minimum atomic E-state index is -0.119. The number of amides is 2. The van der Waals surface area contributed by atoms with Gasteiger partial charge in [0.15, 0.2) is 0 Å². The predicted octanol–water partition coefficient (Wildman–Crippen LogP) is 4.82. The van der Waals surface area contributed by atoms with Crippen LogP contribution < -0.4 is 15.0 Å². The van der Waals surface area contributed by atoms with E-state index in [2.05, 4.69) is 19.2 Å². The lowest BCUT2D eigenvalue weighted by atomic mass is 10.1. The van der Waals surface area contributed by atoms with Crippen LogP contribution in [-0.2, 0) is 0 Å². The summed E-state index contributed by atoms with van der Waals surface area (Å²) in [4.78, 5) is 14.6. The summed E-state index contributed by atoms with van der Waals surface area (Å²) in [7, 11) is 0. The number of benzene rings is 2. The number of hydrogen-bond donors (Lipinski definition) is 1. The minimum Gasteiger partial charge on any atom is -0.486 e. The molecule has 0 radical (unpaired) electrons. The van der Waals surface area contributed by atoms with Crippen LogP contribution in [0.25, 0.3) is 0 Å². The maximum Gasteiger partial charge on any atom is 0.326 e. The topological polar surface area (TPSA) is 41.6 Å². The van der Waals surface area contributed by atoms with Gasteiger partial charge in [-0.15, -0.1) is 0 Å². The molecule has 1 N–H and O–H groups in total. The highest BCUT2D eigenvalue weighted by Gasteiger charge is 2.29. The Balaban J connectivity index is 1.88. The summed E-state index contributed by atoms with van der Waals surface area (Å²) in [6.45, 7) is 8.76. The molecule has 0 saturated carbocycles. The lowest BCUT2D eigenvalue weighted by molar-refractivity contribution is 0.188. The SMILES string of the molecule is CC[C@H]1CN(C(=O)Nc2ccc(C)c(C)c2)c2cc(C)ccc2O1. The third kappa shape index (κ3) is 3.23. The van der Waals surface area contributed by atoms with Crippen molar-refractivity contribution in [3.63, 3.8) is 0 Å². The number of urea groups is 1. The van der Waals surface area contributed by atoms with Gasteiger partial charge in [0.1, 0.15) is 11.9 Å². The number of carbonyl (C=O) groups excluding carboxylic acids is 1. The monoisotopic (exact) mass is 324 g/mol. The number of nitrogens with one attached hydrogen (secondary N) is 1. The Hall–Kier alpha value is -2.49. The van der Waals surface area contributed by atoms with Gasteiger partial charge in [-0.2, -0.15) is 0 Å². The van der Waals surface area contributed by atoms with Crippen molar-refractivity contribution in [3.05, 3.63) is 53.1 Å². The van der Waals surface area contributed by atoms with E-state index in [0.717, 1.165) is 34.7 Å². The van der Waals surface area contributed by atoms with E-state index < -0.39 is 0 Å². The van der Waals surface area contributed by atoms with Crippen molar-refractivity contribution in [1.29, 1.82) is 0 Å². The van der Waals surface area contributed by atoms with Gasteiger partial charge in [0.2, 0.25) is 0 Å². The van der Waals surface area contributed by atoms with E-state index in [1.54, 1.807) is 4.90 Å². The van der Waals surface area contributed by atoms with E-state index in [9.17, 15) is 4.79 Å². The summed E-state index contributed by atoms with van der Waals surface area (Å²) >= 11 is 0. The maximum absolute atomic E-state index is 12.9. The standard InChI is InChI=1S/C20H24N2O2/c1-5-17-12-22(18-10-13(2)6-9-19(18)24-17)20(23)21-16-8-7-14(3)15(4)11-16/h6-11,17H,5,12H2,1-4H3,(H,21,23)/t17-/m0/s1. The van der Waals surface area contributed by atoms with E-state index in [1.807, 2.05) is 50.2 Å². The summed E-state index contributed by atoms with van der Waals surface area (Å²) in [5.74, 6) is 0.772. The van der Waals surface area contributed by atoms with Crippen LogP contribution in [0.5, 0.6) is 5.75 Å². The van der Waals surface area contributed by atoms with Gasteiger partial charge in [0.25, 0.3) is 0 Å². The van der Waals surface area contributed by atoms with Crippen LogP contribution in [0.15, 0.2) is 36.4 Å². The number of rotatable bonds is 2. The van der Waals surface area contributed by atoms with Gasteiger partial charge in [0.05, 0.1) is 12.2 Å². The Morgan fingerprint density at radius 3 is 2.67 bits per heavy atom. The smallest absolute Gasteiger partial charge is 0.326 e. The molecule has 2 amide bonds. The average Bonchev–Trinajstić information content (AvgIpc) is 2.57. The molecule has 4 nitrogen and oxygen atoms in total. The maximum atomic E-state index is 12.9. The van der Waals surface area contributed by atoms with Crippen LogP contribution in [0.2, 0.25) is 0 Å². The van der Waals surface area contributed by atoms with Crippen LogP contribution in [0, 0.1) is 20.8 Å². The Kier molecular flexibility index (Phi) is 4.47. The molecule has 24 heavy (non-hydrogen) atoms. The fraction of sp³-hybridized carbons (Fsp3) is 0.350. The number of fused-ring (bicyclic) bond motifs is 1. The quantitative estimate of drug-likeness (QED) is 0.860. The van der Waals surface area contributed by atoms with Gasteiger partial charge in [-0.25, -0.2) is 4.79 Å². The first-order valence-corrected chi connectivity index (χ1v) is 8.41. The molecule has 1 atom stereocenters. The zero-order chi connectivity index (χ0) is 17.3. The molecule has 126 valence electrons. The van der Waals surface area contributed by atoms with E-state index in [4.69, 9.17) is 4.74 Å². The predicted molar refractivity (Wildman–Crippen MR) is 98.2 cm³/mol. The molecule has 1 heterocycles. The van der Waals surface area contributed by atoms with Crippen LogP contribution in [0.4, 0.5) is 16.2 Å². The molecular weight excluding hydrogens is 300 g/mol. The molecule has 4 heteroatoms. The average molecular weight is 324 g/mol. The van der Waals surface area contributed by atoms with Gasteiger partial charge in [-0.1, -0.05) is 19.1 Å². The molecule has 1 aliphatic rings. The number of carbonyl (C=O) groups is 1. The van der Waals surface area contributed by atoms with E-state index in [0.29, 0.717) is 6.54 Å². The molecule has 0 aliphatic carbocycles. The molecule has 0 fully saturated rings. The van der Waals surface area contributed by atoms with E-state index >= 15 is 0 Å². The highest BCUT2D eigenvalue weighted by molar-refractivity contribution is 6.03. The number of ether oxygens (including phenoxy) is 1. The first kappa shape index (κ1) is 16.4. The number of nitrogens with zero attached hydrogens (tertiary/aromatic N) is 1. The highest BCUT2D eigenvalue weighted by atomic mass is 16.5. The largest absolute Gasteiger partial charge is 0.486 e. The Labute approximate surface area is 143 Å². The van der Waals surface area contributed by atoms with E-state index in [-0.39, 0.29) is 12.1 Å². The Morgan fingerprint density at radius 1 is 1.17 bits per heavy atom. The zero-order valence-electron chi connectivity index (χ0n) is 14.7. The molecule has 3 rings (SSSR count). The fourth-order valence-corrected chi connectivity index (χ4v) is 2.87. The van der Waals surface area contributed by atoms with Crippen molar-refractivity contribution in [2.75, 3.05) is 16.8 Å². The number of aryl methyl sites for hydroxylation is 3. The van der Waals surface area contributed by atoms with Crippen molar-refractivity contribution >= 4 is 17.4 Å². The highest BCUT2D eigenvalue weighted by Crippen LogP contribution is 2.35. The molecular formula is C20H24N2O2. The third-order valence-electron chi connectivity index (χ3n) is 4.54. The fourth-order valence-electron chi connectivity index (χ4n) is 2.87. The van der Waals surface area contributed by atoms with Crippen molar-refractivity contribution in [1.82, 2.24) is 0 Å². The molecule has 0 unspecified atom stereocenters. The molecule has 0 saturated heterocycles. The van der Waals surface area contributed by atoms with E-state index in [1.165, 1.54) is 5.56 Å². The summed E-state index contributed by atoms with van der Waals surface area (Å²) in [6.07, 6.45) is 0.881. The molecule has 1 aliphatic heterocycles. The van der Waals surface area contributed by atoms with Crippen molar-refractivity contribution in [3.8, 4) is 5.75 Å². The zero-order valence-corrected chi connectivity index (χ0v) is 14.7. The molecule has 0 spiro atoms. The second-order valence-electron chi connectivity index (χ2n) is 6.46. The van der Waals surface area contributed by atoms with Crippen LogP contribution in [-0.4, -0.2) is 18.7 Å². The second-order valence-corrected chi connectivity index (χ2v) is 6.46. The van der Waals surface area contributed by atoms with Crippen LogP contribution in [0.3, 0.4) is 0 Å². The van der Waals surface area contributed by atoms with Gasteiger partial charge >= 0.3 is 6.03 Å². The number of anilines is 2. The Bertz CT molecular complexity index is 770. The summed E-state index contributed by atoms with van der Waals surface area (Å²) < 4.78 is 5.98. The van der Waals surface area contributed by atoms with Crippen molar-refractivity contribution in [2.24, 2.45) is 0 Å². The first-order valence-electron chi connectivity index (χ1n) is 8.41. The summed E-state index contributed by atoms with van der Waals surface area (Å²) in [5.41, 5.74) is 5.14.